The van der Waals surface area contributed by atoms with Gasteiger partial charge in [0.15, 0.2) is 0 Å². The van der Waals surface area contributed by atoms with Gasteiger partial charge in [0.2, 0.25) is 0 Å². The predicted molar refractivity (Wildman–Crippen MR) is 43.5 cm³/mol. The Morgan fingerprint density at radius 2 is 0.636 bits per heavy atom. The Hall–Kier alpha value is 2.97. The second kappa shape index (κ2) is 23.1. The largest absolute Gasteiger partial charge is 2.00 e. The molecule has 0 N–H and O–H groups in total. The summed E-state index contributed by atoms with van der Waals surface area (Å²) in [4.78, 5) is 0. The minimum atomic E-state index is -2.08. The Balaban J connectivity index is -0.0000000171. The average Bonchev–Trinajstić information content (AvgIpc) is 1.25. The standard InChI is InChI=1S/2BO2S.3Mg/c2*2-1(3)4;;;/q2*-3;3*+2. The summed E-state index contributed by atoms with van der Waals surface area (Å²) in [6.45, 7) is 0. The van der Waals surface area contributed by atoms with E-state index in [1.54, 1.807) is 0 Å². The van der Waals surface area contributed by atoms with Crippen LogP contribution in [0.2, 0.25) is 0 Å². The van der Waals surface area contributed by atoms with E-state index in [1.807, 2.05) is 0 Å². The van der Waals surface area contributed by atoms with Crippen molar-refractivity contribution in [2.75, 3.05) is 0 Å². The molecule has 0 rings (SSSR count). The Bertz CT molecular complexity index is 36.8. The second-order valence-corrected chi connectivity index (χ2v) is 1.35. The van der Waals surface area contributed by atoms with E-state index in [-0.39, 0.29) is 69.2 Å². The third-order valence-corrected chi connectivity index (χ3v) is 0. The zero-order valence-corrected chi connectivity index (χ0v) is 11.6. The van der Waals surface area contributed by atoms with Gasteiger partial charge in [-0.25, -0.2) is 0 Å². The SMILES string of the molecule is [Mg+2].[Mg+2].[Mg+2].[O-]B([O-])[S-].[O-]B([O-])[S-]. The van der Waals surface area contributed by atoms with Crippen molar-refractivity contribution in [2.24, 2.45) is 0 Å². The molecule has 0 heterocycles. The molecule has 0 aliphatic carbocycles. The molecule has 0 saturated heterocycles. The van der Waals surface area contributed by atoms with E-state index in [2.05, 4.69) is 25.0 Å². The fraction of sp³-hybridized carbons (Fsp3) is 0. The van der Waals surface area contributed by atoms with Crippen LogP contribution in [-0.2, 0) is 25.0 Å². The van der Waals surface area contributed by atoms with Gasteiger partial charge < -0.3 is 57.8 Å². The zero-order chi connectivity index (χ0) is 7.15. The minimum Gasteiger partial charge on any atom is -0.911 e. The molecule has 0 aliphatic rings. The molecule has 0 aromatic carbocycles. The summed E-state index contributed by atoms with van der Waals surface area (Å²) in [5, 5.41) is 35.1. The van der Waals surface area contributed by atoms with Gasteiger partial charge in [0.25, 0.3) is 0 Å². The molecule has 0 aromatic rings. The van der Waals surface area contributed by atoms with Crippen LogP contribution < -0.4 is 20.1 Å². The summed E-state index contributed by atoms with van der Waals surface area (Å²) < 4.78 is 0. The van der Waals surface area contributed by atoms with E-state index in [0.717, 1.165) is 0 Å². The van der Waals surface area contributed by atoms with Gasteiger partial charge in [-0.3, -0.25) is 0 Å². The van der Waals surface area contributed by atoms with Crippen LogP contribution >= 0.6 is 0 Å². The smallest absolute Gasteiger partial charge is 0.911 e. The summed E-state index contributed by atoms with van der Waals surface area (Å²) in [5.41, 5.74) is 0. The maximum absolute atomic E-state index is 8.79. The van der Waals surface area contributed by atoms with Crippen molar-refractivity contribution in [3.05, 3.63) is 0 Å². The van der Waals surface area contributed by atoms with Gasteiger partial charge in [0.05, 0.1) is 0 Å². The quantitative estimate of drug-likeness (QED) is 0.299. The van der Waals surface area contributed by atoms with E-state index < -0.39 is 12.8 Å². The van der Waals surface area contributed by atoms with Crippen molar-refractivity contribution in [3.63, 3.8) is 0 Å². The molecule has 0 saturated carbocycles. The second-order valence-electron chi connectivity index (χ2n) is 0.577. The number of rotatable bonds is 0. The normalized spacial score (nSPS) is 4.91. The van der Waals surface area contributed by atoms with Crippen LogP contribution in [0, 0.1) is 0 Å². The van der Waals surface area contributed by atoms with Gasteiger partial charge in [-0.2, -0.15) is 0 Å². The monoisotopic (exact) mass is 222 g/mol. The molecule has 0 spiro atoms. The van der Waals surface area contributed by atoms with Crippen LogP contribution in [0.15, 0.2) is 0 Å². The van der Waals surface area contributed by atoms with Crippen LogP contribution in [0.5, 0.6) is 0 Å². The maximum atomic E-state index is 8.79. The number of hydrogen-bond donors (Lipinski definition) is 0. The van der Waals surface area contributed by atoms with E-state index >= 15 is 0 Å². The summed E-state index contributed by atoms with van der Waals surface area (Å²) in [7, 11) is 0. The third kappa shape index (κ3) is 177. The van der Waals surface area contributed by atoms with Gasteiger partial charge in [-0.15, -0.1) is 0 Å². The van der Waals surface area contributed by atoms with Crippen molar-refractivity contribution >= 4 is 107 Å². The molecule has 11 heavy (non-hydrogen) atoms. The molecule has 11 heteroatoms. The number of hydrogen-bond acceptors (Lipinski definition) is 6. The fourth-order valence-electron chi connectivity index (χ4n) is 0. The van der Waals surface area contributed by atoms with E-state index in [4.69, 9.17) is 20.1 Å². The van der Waals surface area contributed by atoms with Gasteiger partial charge in [-0.1, -0.05) is 0 Å². The molecule has 0 fully saturated rings. The van der Waals surface area contributed by atoms with Crippen LogP contribution in [-0.4, -0.2) is 82.0 Å². The maximum Gasteiger partial charge on any atom is 2.00 e. The third-order valence-electron chi connectivity index (χ3n) is 0. The first-order valence-electron chi connectivity index (χ1n) is 1.41. The van der Waals surface area contributed by atoms with Gasteiger partial charge in [0, 0.05) is 0 Å². The molecule has 48 valence electrons. The molecule has 0 radical (unpaired) electrons. The minimum absolute atomic E-state index is 0. The Kier molecular flexibility index (Phi) is 61.3. The molecular weight excluding hydrogens is 223 g/mol. The van der Waals surface area contributed by atoms with Crippen molar-refractivity contribution in [2.45, 2.75) is 0 Å². The molecule has 0 unspecified atom stereocenters. The summed E-state index contributed by atoms with van der Waals surface area (Å²) in [6.07, 6.45) is -4.17. The van der Waals surface area contributed by atoms with Crippen LogP contribution in [0.25, 0.3) is 0 Å². The fourth-order valence-corrected chi connectivity index (χ4v) is 0. The predicted octanol–water partition coefficient (Wildman–Crippen LogP) is -6.66. The zero-order valence-electron chi connectivity index (χ0n) is 5.73. The van der Waals surface area contributed by atoms with Crippen molar-refractivity contribution in [1.82, 2.24) is 0 Å². The Morgan fingerprint density at radius 1 is 0.636 bits per heavy atom. The van der Waals surface area contributed by atoms with Crippen molar-refractivity contribution in [1.29, 1.82) is 0 Å². The van der Waals surface area contributed by atoms with Crippen LogP contribution in [0.3, 0.4) is 0 Å². The van der Waals surface area contributed by atoms with Crippen LogP contribution in [0.1, 0.15) is 0 Å². The first-order valence-corrected chi connectivity index (χ1v) is 2.36. The van der Waals surface area contributed by atoms with E-state index in [1.165, 1.54) is 0 Å². The van der Waals surface area contributed by atoms with Gasteiger partial charge in [-0.05, 0) is 0 Å². The molecule has 0 bridgehead atoms. The molecular formula is B2Mg3O4S2. The molecule has 0 aliphatic heterocycles. The van der Waals surface area contributed by atoms with Crippen LogP contribution in [0.4, 0.5) is 0 Å². The molecule has 0 amide bonds. The van der Waals surface area contributed by atoms with Crippen molar-refractivity contribution in [3.8, 4) is 0 Å². The molecule has 4 nitrogen and oxygen atoms in total. The molecule has 0 atom stereocenters. The summed E-state index contributed by atoms with van der Waals surface area (Å²) >= 11 is 7.02. The van der Waals surface area contributed by atoms with E-state index in [9.17, 15) is 0 Å². The molecule has 0 aromatic heterocycles. The van der Waals surface area contributed by atoms with Crippen molar-refractivity contribution < 1.29 is 20.1 Å². The van der Waals surface area contributed by atoms with E-state index in [0.29, 0.717) is 0 Å². The first-order chi connectivity index (χ1) is 3.46. The topological polar surface area (TPSA) is 92.2 Å². The van der Waals surface area contributed by atoms with Gasteiger partial charge in [0.1, 0.15) is 0 Å². The first kappa shape index (κ1) is 29.2. The summed E-state index contributed by atoms with van der Waals surface area (Å²) in [6, 6.07) is 0. The van der Waals surface area contributed by atoms with Gasteiger partial charge >= 0.3 is 69.2 Å². The average molecular weight is 223 g/mol. The Morgan fingerprint density at radius 3 is 0.636 bits per heavy atom. The Labute approximate surface area is 125 Å². The summed E-state index contributed by atoms with van der Waals surface area (Å²) in [5.74, 6) is 0.